The number of hydrogen-bond donors (Lipinski definition) is 1. The van der Waals surface area contributed by atoms with Crippen LogP contribution in [0.4, 0.5) is 0 Å². The quantitative estimate of drug-likeness (QED) is 0.374. The first-order chi connectivity index (χ1) is 15.8. The Morgan fingerprint density at radius 3 is 2.56 bits per heavy atom. The highest BCUT2D eigenvalue weighted by molar-refractivity contribution is 5.96. The molecule has 7 heteroatoms. The van der Waals surface area contributed by atoms with E-state index in [0.717, 1.165) is 22.4 Å². The van der Waals surface area contributed by atoms with E-state index in [2.05, 4.69) is 22.7 Å². The summed E-state index contributed by atoms with van der Waals surface area (Å²) in [6.45, 7) is 0.797. The topological polar surface area (TPSA) is 77.7 Å². The molecule has 0 saturated heterocycles. The first-order valence-electron chi connectivity index (χ1n) is 10.2. The van der Waals surface area contributed by atoms with Gasteiger partial charge in [-0.05, 0) is 23.8 Å². The molecule has 1 aliphatic rings. The Morgan fingerprint density at radius 2 is 1.75 bits per heavy atom. The van der Waals surface area contributed by atoms with E-state index in [1.807, 2.05) is 59.4 Å². The zero-order chi connectivity index (χ0) is 21.8. The summed E-state index contributed by atoms with van der Waals surface area (Å²) in [5, 5.41) is 8.92. The Balaban J connectivity index is 1.36. The minimum atomic E-state index is -0.336. The van der Waals surface area contributed by atoms with Crippen molar-refractivity contribution in [2.24, 2.45) is 5.10 Å². The summed E-state index contributed by atoms with van der Waals surface area (Å²) < 4.78 is 12.5. The maximum Gasteiger partial charge on any atom is 0.271 e. The largest absolute Gasteiger partial charge is 0.454 e. The molecule has 0 fully saturated rings. The maximum absolute atomic E-state index is 12.5. The zero-order valence-electron chi connectivity index (χ0n) is 17.1. The van der Waals surface area contributed by atoms with Crippen LogP contribution in [0, 0.1) is 0 Å². The number of benzene rings is 3. The van der Waals surface area contributed by atoms with E-state index in [4.69, 9.17) is 14.6 Å². The van der Waals surface area contributed by atoms with Crippen molar-refractivity contribution in [1.29, 1.82) is 0 Å². The monoisotopic (exact) mass is 424 g/mol. The second-order valence-electron chi connectivity index (χ2n) is 7.25. The van der Waals surface area contributed by atoms with Gasteiger partial charge in [-0.1, -0.05) is 60.7 Å². The molecule has 0 radical (unpaired) electrons. The molecule has 1 N–H and O–H groups in total. The van der Waals surface area contributed by atoms with Gasteiger partial charge in [-0.15, -0.1) is 0 Å². The van der Waals surface area contributed by atoms with Crippen molar-refractivity contribution >= 4 is 12.1 Å². The molecule has 0 spiro atoms. The van der Waals surface area contributed by atoms with Gasteiger partial charge in [0.1, 0.15) is 5.69 Å². The number of fused-ring (bicyclic) bond motifs is 1. The summed E-state index contributed by atoms with van der Waals surface area (Å²) in [6.07, 6.45) is 3.53. The van der Waals surface area contributed by atoms with Gasteiger partial charge in [0, 0.05) is 22.9 Å². The van der Waals surface area contributed by atoms with Gasteiger partial charge in [0.05, 0.1) is 12.8 Å². The molecule has 0 aliphatic carbocycles. The van der Waals surface area contributed by atoms with Crippen molar-refractivity contribution < 1.29 is 14.3 Å². The van der Waals surface area contributed by atoms with E-state index < -0.39 is 0 Å². The molecule has 0 unspecified atom stereocenters. The van der Waals surface area contributed by atoms with Gasteiger partial charge in [-0.3, -0.25) is 9.48 Å². The lowest BCUT2D eigenvalue weighted by molar-refractivity contribution is 0.0954. The molecular formula is C25H20N4O3. The van der Waals surface area contributed by atoms with Crippen LogP contribution in [0.15, 0.2) is 90.2 Å². The number of amides is 1. The minimum absolute atomic E-state index is 0.161. The Labute approximate surface area is 184 Å². The van der Waals surface area contributed by atoms with Crippen LogP contribution in [-0.4, -0.2) is 28.7 Å². The minimum Gasteiger partial charge on any atom is -0.454 e. The highest BCUT2D eigenvalue weighted by atomic mass is 16.7. The average molecular weight is 424 g/mol. The van der Waals surface area contributed by atoms with Crippen molar-refractivity contribution in [3.05, 3.63) is 102 Å². The number of hydrazone groups is 1. The summed E-state index contributed by atoms with van der Waals surface area (Å²) in [5.41, 5.74) is 6.73. The van der Waals surface area contributed by atoms with E-state index >= 15 is 0 Å². The van der Waals surface area contributed by atoms with Crippen LogP contribution < -0.4 is 14.9 Å². The summed E-state index contributed by atoms with van der Waals surface area (Å²) in [7, 11) is 0. The van der Waals surface area contributed by atoms with E-state index in [1.54, 1.807) is 24.4 Å². The van der Waals surface area contributed by atoms with Crippen molar-refractivity contribution in [2.45, 2.75) is 6.54 Å². The Bertz CT molecular complexity index is 1270. The molecule has 0 atom stereocenters. The Morgan fingerprint density at radius 1 is 1.00 bits per heavy atom. The SMILES string of the molecule is O=C(N/N=C/c1cn(Cc2ccccc2)nc1-c1ccccc1)c1ccc2c(c1)OCO2. The fourth-order valence-electron chi connectivity index (χ4n) is 3.47. The van der Waals surface area contributed by atoms with Crippen molar-refractivity contribution in [3.63, 3.8) is 0 Å². The molecule has 7 nitrogen and oxygen atoms in total. The fourth-order valence-corrected chi connectivity index (χ4v) is 3.47. The zero-order valence-corrected chi connectivity index (χ0v) is 17.1. The van der Waals surface area contributed by atoms with Crippen molar-refractivity contribution in [2.75, 3.05) is 6.79 Å². The number of aromatic nitrogens is 2. The number of hydrogen-bond acceptors (Lipinski definition) is 5. The van der Waals surface area contributed by atoms with Gasteiger partial charge >= 0.3 is 0 Å². The normalized spacial score (nSPS) is 12.2. The van der Waals surface area contributed by atoms with Crippen LogP contribution in [0.3, 0.4) is 0 Å². The Hall–Kier alpha value is -4.39. The van der Waals surface area contributed by atoms with E-state index in [0.29, 0.717) is 23.6 Å². The fraction of sp³-hybridized carbons (Fsp3) is 0.0800. The Kier molecular flexibility index (Phi) is 5.36. The van der Waals surface area contributed by atoms with Gasteiger partial charge in [0.15, 0.2) is 11.5 Å². The first-order valence-corrected chi connectivity index (χ1v) is 10.2. The molecule has 3 aromatic carbocycles. The highest BCUT2D eigenvalue weighted by Gasteiger charge is 2.16. The smallest absolute Gasteiger partial charge is 0.271 e. The third-order valence-electron chi connectivity index (χ3n) is 5.03. The van der Waals surface area contributed by atoms with Crippen LogP contribution in [0.25, 0.3) is 11.3 Å². The van der Waals surface area contributed by atoms with Crippen molar-refractivity contribution in [3.8, 4) is 22.8 Å². The van der Waals surface area contributed by atoms with Crippen LogP contribution in [-0.2, 0) is 6.54 Å². The molecule has 32 heavy (non-hydrogen) atoms. The molecule has 1 amide bonds. The molecule has 4 aromatic rings. The van der Waals surface area contributed by atoms with Crippen molar-refractivity contribution in [1.82, 2.24) is 15.2 Å². The highest BCUT2D eigenvalue weighted by Crippen LogP contribution is 2.32. The molecule has 2 heterocycles. The van der Waals surface area contributed by atoms with Crippen LogP contribution >= 0.6 is 0 Å². The predicted octanol–water partition coefficient (Wildman–Crippen LogP) is 4.09. The standard InChI is InChI=1S/C25H20N4O3/c30-25(20-11-12-22-23(13-20)32-17-31-22)27-26-14-21-16-29(15-18-7-3-1-4-8-18)28-24(21)19-9-5-2-6-10-19/h1-14,16H,15,17H2,(H,27,30)/b26-14+. The number of nitrogens with zero attached hydrogens (tertiary/aromatic N) is 3. The molecule has 0 saturated carbocycles. The summed E-state index contributed by atoms with van der Waals surface area (Å²) in [5.74, 6) is 0.844. The molecule has 5 rings (SSSR count). The van der Waals surface area contributed by atoms with Gasteiger partial charge in [-0.25, -0.2) is 5.43 Å². The lowest BCUT2D eigenvalue weighted by atomic mass is 10.1. The van der Waals surface area contributed by atoms with Gasteiger partial charge in [0.2, 0.25) is 6.79 Å². The summed E-state index contributed by atoms with van der Waals surface area (Å²) in [4.78, 5) is 12.5. The third-order valence-corrected chi connectivity index (χ3v) is 5.03. The van der Waals surface area contributed by atoms with Gasteiger partial charge in [-0.2, -0.15) is 10.2 Å². The van der Waals surface area contributed by atoms with Crippen LogP contribution in [0.1, 0.15) is 21.5 Å². The van der Waals surface area contributed by atoms with E-state index in [1.165, 1.54) is 0 Å². The average Bonchev–Trinajstić information content (AvgIpc) is 3.46. The lowest BCUT2D eigenvalue weighted by Gasteiger charge is -2.02. The summed E-state index contributed by atoms with van der Waals surface area (Å²) >= 11 is 0. The van der Waals surface area contributed by atoms with E-state index in [9.17, 15) is 4.79 Å². The van der Waals surface area contributed by atoms with Gasteiger partial charge in [0.25, 0.3) is 5.91 Å². The second-order valence-corrected chi connectivity index (χ2v) is 7.25. The third kappa shape index (κ3) is 4.22. The number of carbonyl (C=O) groups excluding carboxylic acids is 1. The number of ether oxygens (including phenoxy) is 2. The number of nitrogens with one attached hydrogen (secondary N) is 1. The molecular weight excluding hydrogens is 404 g/mol. The van der Waals surface area contributed by atoms with Gasteiger partial charge < -0.3 is 9.47 Å². The lowest BCUT2D eigenvalue weighted by Crippen LogP contribution is -2.17. The molecule has 1 aliphatic heterocycles. The maximum atomic E-state index is 12.5. The van der Waals surface area contributed by atoms with Crippen LogP contribution in [0.5, 0.6) is 11.5 Å². The summed E-state index contributed by atoms with van der Waals surface area (Å²) in [6, 6.07) is 25.0. The van der Waals surface area contributed by atoms with E-state index in [-0.39, 0.29) is 12.7 Å². The van der Waals surface area contributed by atoms with Crippen LogP contribution in [0.2, 0.25) is 0 Å². The molecule has 1 aromatic heterocycles. The first kappa shape index (κ1) is 19.6. The molecule has 0 bridgehead atoms. The molecule has 158 valence electrons. The predicted molar refractivity (Wildman–Crippen MR) is 121 cm³/mol. The number of carbonyl (C=O) groups is 1. The number of rotatable bonds is 6. The second kappa shape index (κ2) is 8.77.